The number of carbonyl (C=O) groups excluding carboxylic acids is 1. The summed E-state index contributed by atoms with van der Waals surface area (Å²) >= 11 is 12.7. The molecule has 1 aliphatic heterocycles. The van der Waals surface area contributed by atoms with Gasteiger partial charge in [-0.2, -0.15) is 0 Å². The Morgan fingerprint density at radius 1 is 1.19 bits per heavy atom. The van der Waals surface area contributed by atoms with Crippen LogP contribution >= 0.6 is 23.2 Å². The minimum Gasteiger partial charge on any atom is -0.383 e. The molecule has 1 N–H and O–H groups in total. The number of aromatic nitrogens is 3. The maximum atomic E-state index is 14.7. The van der Waals surface area contributed by atoms with Gasteiger partial charge in [0.2, 0.25) is 5.82 Å². The summed E-state index contributed by atoms with van der Waals surface area (Å²) in [6.07, 6.45) is 0. The molecule has 3 aromatic rings. The van der Waals surface area contributed by atoms with Crippen molar-refractivity contribution in [2.24, 2.45) is 4.99 Å². The Kier molecular flexibility index (Phi) is 6.23. The molecule has 1 atom stereocenters. The van der Waals surface area contributed by atoms with Crippen LogP contribution < -0.4 is 5.32 Å². The second-order valence-electron chi connectivity index (χ2n) is 6.96. The highest BCUT2D eigenvalue weighted by atomic mass is 35.5. The zero-order valence-electron chi connectivity index (χ0n) is 17.0. The van der Waals surface area contributed by atoms with E-state index in [1.807, 2.05) is 0 Å². The first kappa shape index (κ1) is 22.3. The molecular formula is C21H17Cl2F2N5O2. The molecule has 7 nitrogen and oxygen atoms in total. The van der Waals surface area contributed by atoms with E-state index in [1.54, 1.807) is 13.0 Å². The molecule has 0 spiro atoms. The molecule has 2 aromatic carbocycles. The minimum absolute atomic E-state index is 0.0194. The van der Waals surface area contributed by atoms with Crippen LogP contribution in [0.25, 0.3) is 5.69 Å². The van der Waals surface area contributed by atoms with Gasteiger partial charge in [-0.05, 0) is 31.2 Å². The SMILES string of the molecule is COCCNC(=O)c1nc2n(n1)-c1ccc(Cl)c(Cl)c1C(c1c(F)cccc1F)=N[C@H]2C. The van der Waals surface area contributed by atoms with Gasteiger partial charge in [-0.25, -0.2) is 18.4 Å². The molecule has 4 rings (SSSR count). The molecule has 1 aliphatic rings. The van der Waals surface area contributed by atoms with Gasteiger partial charge in [0.1, 0.15) is 17.7 Å². The van der Waals surface area contributed by atoms with Crippen molar-refractivity contribution in [3.63, 3.8) is 0 Å². The van der Waals surface area contributed by atoms with Gasteiger partial charge in [0.05, 0.1) is 33.6 Å². The van der Waals surface area contributed by atoms with Crippen LogP contribution in [0.4, 0.5) is 8.78 Å². The molecule has 0 fully saturated rings. The molecule has 0 unspecified atom stereocenters. The third kappa shape index (κ3) is 3.87. The molecule has 11 heteroatoms. The molecular weight excluding hydrogens is 463 g/mol. The Morgan fingerprint density at radius 3 is 2.59 bits per heavy atom. The molecule has 0 radical (unpaired) electrons. The maximum absolute atomic E-state index is 14.7. The van der Waals surface area contributed by atoms with Gasteiger partial charge in [0.15, 0.2) is 5.82 Å². The standard InChI is InChI=1S/C21H17Cl2F2N5O2/c1-10-20-28-19(21(31)26-8-9-32-2)29-30(20)14-7-6-11(22)17(23)16(14)18(27-10)15-12(24)4-3-5-13(15)25/h3-7,10H,8-9H2,1-2H3,(H,26,31)/t10-/m0/s1. The van der Waals surface area contributed by atoms with Crippen LogP contribution in [-0.4, -0.2) is 46.6 Å². The second kappa shape index (κ2) is 8.93. The van der Waals surface area contributed by atoms with Crippen molar-refractivity contribution in [1.82, 2.24) is 20.1 Å². The Morgan fingerprint density at radius 2 is 1.91 bits per heavy atom. The third-order valence-corrected chi connectivity index (χ3v) is 5.67. The quantitative estimate of drug-likeness (QED) is 0.557. The molecule has 0 bridgehead atoms. The number of fused-ring (bicyclic) bond motifs is 3. The fourth-order valence-corrected chi connectivity index (χ4v) is 3.79. The first-order valence-electron chi connectivity index (χ1n) is 9.58. The normalized spacial score (nSPS) is 14.9. The summed E-state index contributed by atoms with van der Waals surface area (Å²) < 4.78 is 35.7. The van der Waals surface area contributed by atoms with Gasteiger partial charge in [-0.3, -0.25) is 9.79 Å². The average Bonchev–Trinajstić information content (AvgIpc) is 3.16. The number of hydrogen-bond acceptors (Lipinski definition) is 5. The number of benzene rings is 2. The smallest absolute Gasteiger partial charge is 0.291 e. The van der Waals surface area contributed by atoms with Crippen molar-refractivity contribution in [2.45, 2.75) is 13.0 Å². The summed E-state index contributed by atoms with van der Waals surface area (Å²) in [6.45, 7) is 2.28. The zero-order valence-corrected chi connectivity index (χ0v) is 18.5. The first-order chi connectivity index (χ1) is 15.3. The number of carbonyl (C=O) groups is 1. The Labute approximate surface area is 192 Å². The lowest BCUT2D eigenvalue weighted by Gasteiger charge is -2.14. The molecule has 1 amide bonds. The van der Waals surface area contributed by atoms with Gasteiger partial charge in [-0.15, -0.1) is 5.10 Å². The summed E-state index contributed by atoms with van der Waals surface area (Å²) in [5, 5.41) is 7.18. The summed E-state index contributed by atoms with van der Waals surface area (Å²) in [5.74, 6) is -1.89. The number of amides is 1. The van der Waals surface area contributed by atoms with Gasteiger partial charge >= 0.3 is 0 Å². The number of aliphatic imine (C=N–C) groups is 1. The number of rotatable bonds is 5. The highest BCUT2D eigenvalue weighted by Crippen LogP contribution is 2.37. The number of hydrogen-bond donors (Lipinski definition) is 1. The predicted molar refractivity (Wildman–Crippen MR) is 116 cm³/mol. The molecule has 1 aromatic heterocycles. The number of ether oxygens (including phenoxy) is 1. The van der Waals surface area contributed by atoms with Crippen molar-refractivity contribution in [2.75, 3.05) is 20.3 Å². The van der Waals surface area contributed by atoms with E-state index in [1.165, 1.54) is 23.9 Å². The number of halogens is 4. The average molecular weight is 480 g/mol. The molecule has 0 saturated heterocycles. The zero-order chi connectivity index (χ0) is 23.0. The molecule has 32 heavy (non-hydrogen) atoms. The van der Waals surface area contributed by atoms with Crippen molar-refractivity contribution < 1.29 is 18.3 Å². The van der Waals surface area contributed by atoms with Crippen LogP contribution in [0.1, 0.15) is 40.5 Å². The highest BCUT2D eigenvalue weighted by molar-refractivity contribution is 6.45. The van der Waals surface area contributed by atoms with E-state index in [-0.39, 0.29) is 39.3 Å². The highest BCUT2D eigenvalue weighted by Gasteiger charge is 2.31. The van der Waals surface area contributed by atoms with Crippen LogP contribution in [0.15, 0.2) is 35.3 Å². The monoisotopic (exact) mass is 479 g/mol. The molecule has 0 saturated carbocycles. The van der Waals surface area contributed by atoms with Crippen LogP contribution in [0.2, 0.25) is 10.0 Å². The van der Waals surface area contributed by atoms with E-state index >= 15 is 0 Å². The fourth-order valence-electron chi connectivity index (χ4n) is 3.39. The molecule has 2 heterocycles. The lowest BCUT2D eigenvalue weighted by atomic mass is 9.99. The van der Waals surface area contributed by atoms with Crippen molar-refractivity contribution in [1.29, 1.82) is 0 Å². The second-order valence-corrected chi connectivity index (χ2v) is 7.75. The van der Waals surface area contributed by atoms with Crippen molar-refractivity contribution in [3.05, 3.63) is 74.8 Å². The fraction of sp³-hybridized carbons (Fsp3) is 0.238. The van der Waals surface area contributed by atoms with E-state index < -0.39 is 23.6 Å². The number of nitrogens with zero attached hydrogens (tertiary/aromatic N) is 4. The van der Waals surface area contributed by atoms with Gasteiger partial charge < -0.3 is 10.1 Å². The van der Waals surface area contributed by atoms with E-state index in [9.17, 15) is 13.6 Å². The van der Waals surface area contributed by atoms with Crippen molar-refractivity contribution >= 4 is 34.8 Å². The lowest BCUT2D eigenvalue weighted by molar-refractivity contribution is 0.0926. The van der Waals surface area contributed by atoms with Crippen LogP contribution in [0.3, 0.4) is 0 Å². The van der Waals surface area contributed by atoms with E-state index in [0.717, 1.165) is 12.1 Å². The largest absolute Gasteiger partial charge is 0.383 e. The summed E-state index contributed by atoms with van der Waals surface area (Å²) in [4.78, 5) is 21.3. The van der Waals surface area contributed by atoms with E-state index in [2.05, 4.69) is 20.4 Å². The van der Waals surface area contributed by atoms with E-state index in [4.69, 9.17) is 27.9 Å². The van der Waals surface area contributed by atoms with Crippen LogP contribution in [0, 0.1) is 11.6 Å². The molecule has 166 valence electrons. The van der Waals surface area contributed by atoms with Gasteiger partial charge in [-0.1, -0.05) is 29.3 Å². The minimum atomic E-state index is -0.802. The Bertz CT molecular complexity index is 1220. The maximum Gasteiger partial charge on any atom is 0.291 e. The summed E-state index contributed by atoms with van der Waals surface area (Å²) in [6, 6.07) is 5.93. The van der Waals surface area contributed by atoms with Crippen LogP contribution in [-0.2, 0) is 4.74 Å². The van der Waals surface area contributed by atoms with Gasteiger partial charge in [0, 0.05) is 19.2 Å². The third-order valence-electron chi connectivity index (χ3n) is 4.86. The topological polar surface area (TPSA) is 81.4 Å². The predicted octanol–water partition coefficient (Wildman–Crippen LogP) is 4.14. The summed E-state index contributed by atoms with van der Waals surface area (Å²) in [5.41, 5.74) is 0.163. The van der Waals surface area contributed by atoms with Crippen molar-refractivity contribution in [3.8, 4) is 5.69 Å². The van der Waals surface area contributed by atoms with Gasteiger partial charge in [0.25, 0.3) is 5.91 Å². The first-order valence-corrected chi connectivity index (χ1v) is 10.3. The summed E-state index contributed by atoms with van der Waals surface area (Å²) in [7, 11) is 1.52. The Hall–Kier alpha value is -2.88. The molecule has 0 aliphatic carbocycles. The van der Waals surface area contributed by atoms with Crippen LogP contribution in [0.5, 0.6) is 0 Å². The lowest BCUT2D eigenvalue weighted by Crippen LogP contribution is -2.28. The number of nitrogens with one attached hydrogen (secondary N) is 1. The van der Waals surface area contributed by atoms with E-state index in [0.29, 0.717) is 18.1 Å². The number of methoxy groups -OCH3 is 1. The Balaban J connectivity index is 1.92.